The van der Waals surface area contributed by atoms with Gasteiger partial charge in [-0.25, -0.2) is 8.42 Å². The SMILES string of the molecule is CCCCOc1ccc(N(CCCN(C)CCc2ccc(OC)c(OC)c2)C(=O)c2ccc(NS(C)(=O)=O)cc2)cc1. The number of carbonyl (C=O) groups excluding carboxylic acids is 1. The molecule has 9 nitrogen and oxygen atoms in total. The number of nitrogens with one attached hydrogen (secondary N) is 1. The van der Waals surface area contributed by atoms with E-state index in [1.807, 2.05) is 42.5 Å². The van der Waals surface area contributed by atoms with Gasteiger partial charge in [-0.1, -0.05) is 19.4 Å². The molecule has 0 aliphatic heterocycles. The molecule has 0 unspecified atom stereocenters. The Morgan fingerprint density at radius 2 is 1.55 bits per heavy atom. The van der Waals surface area contributed by atoms with Crippen molar-refractivity contribution in [2.75, 3.05) is 63.4 Å². The molecular weight excluding hydrogens is 554 g/mol. The molecule has 0 bridgehead atoms. The van der Waals surface area contributed by atoms with Gasteiger partial charge in [0.15, 0.2) is 11.5 Å². The lowest BCUT2D eigenvalue weighted by atomic mass is 10.1. The van der Waals surface area contributed by atoms with Crippen molar-refractivity contribution in [3.8, 4) is 17.2 Å². The Morgan fingerprint density at radius 1 is 0.857 bits per heavy atom. The third-order valence-electron chi connectivity index (χ3n) is 6.75. The molecule has 42 heavy (non-hydrogen) atoms. The average molecular weight is 598 g/mol. The maximum absolute atomic E-state index is 13.7. The van der Waals surface area contributed by atoms with Crippen molar-refractivity contribution >= 4 is 27.3 Å². The minimum atomic E-state index is -3.41. The molecule has 3 aromatic rings. The molecule has 0 fully saturated rings. The Bertz CT molecular complexity index is 1380. The lowest BCUT2D eigenvalue weighted by Gasteiger charge is -2.25. The summed E-state index contributed by atoms with van der Waals surface area (Å²) in [5.41, 5.74) is 2.81. The number of nitrogens with zero attached hydrogens (tertiary/aromatic N) is 2. The van der Waals surface area contributed by atoms with Crippen LogP contribution in [0.5, 0.6) is 17.2 Å². The highest BCUT2D eigenvalue weighted by molar-refractivity contribution is 7.92. The Morgan fingerprint density at radius 3 is 2.17 bits per heavy atom. The largest absolute Gasteiger partial charge is 0.494 e. The van der Waals surface area contributed by atoms with Crippen LogP contribution in [0.1, 0.15) is 42.1 Å². The predicted octanol–water partition coefficient (Wildman–Crippen LogP) is 5.47. The number of rotatable bonds is 17. The molecule has 0 heterocycles. The van der Waals surface area contributed by atoms with Crippen molar-refractivity contribution in [2.45, 2.75) is 32.6 Å². The summed E-state index contributed by atoms with van der Waals surface area (Å²) in [6.07, 6.45) is 4.75. The number of benzene rings is 3. The molecule has 1 amide bonds. The zero-order valence-corrected chi connectivity index (χ0v) is 26.1. The second kappa shape index (κ2) is 16.0. The van der Waals surface area contributed by atoms with Crippen LogP contribution >= 0.6 is 0 Å². The Balaban J connectivity index is 1.67. The number of anilines is 2. The van der Waals surface area contributed by atoms with Crippen LogP contribution in [0.4, 0.5) is 11.4 Å². The van der Waals surface area contributed by atoms with Crippen LogP contribution in [0, 0.1) is 0 Å². The normalized spacial score (nSPS) is 11.3. The minimum absolute atomic E-state index is 0.159. The molecule has 228 valence electrons. The molecule has 0 aromatic heterocycles. The van der Waals surface area contributed by atoms with Crippen molar-refractivity contribution in [2.24, 2.45) is 0 Å². The monoisotopic (exact) mass is 597 g/mol. The highest BCUT2D eigenvalue weighted by atomic mass is 32.2. The fourth-order valence-electron chi connectivity index (χ4n) is 4.42. The Kier molecular flexibility index (Phi) is 12.5. The lowest BCUT2D eigenvalue weighted by Crippen LogP contribution is -2.34. The molecule has 3 rings (SSSR count). The maximum atomic E-state index is 13.7. The van der Waals surface area contributed by atoms with Crippen LogP contribution in [-0.4, -0.2) is 73.0 Å². The van der Waals surface area contributed by atoms with E-state index in [1.165, 1.54) is 0 Å². The van der Waals surface area contributed by atoms with E-state index in [1.54, 1.807) is 43.4 Å². The third kappa shape index (κ3) is 10.3. The van der Waals surface area contributed by atoms with Gasteiger partial charge in [-0.15, -0.1) is 0 Å². The van der Waals surface area contributed by atoms with Crippen molar-refractivity contribution in [1.82, 2.24) is 4.90 Å². The van der Waals surface area contributed by atoms with Crippen LogP contribution in [0.25, 0.3) is 0 Å². The molecule has 0 spiro atoms. The van der Waals surface area contributed by atoms with E-state index in [-0.39, 0.29) is 5.91 Å². The molecule has 10 heteroatoms. The molecule has 0 atom stereocenters. The van der Waals surface area contributed by atoms with Crippen LogP contribution in [0.3, 0.4) is 0 Å². The topological polar surface area (TPSA) is 97.4 Å². The zero-order chi connectivity index (χ0) is 30.5. The van der Waals surface area contributed by atoms with Crippen LogP contribution in [0.2, 0.25) is 0 Å². The van der Waals surface area contributed by atoms with Crippen LogP contribution in [0.15, 0.2) is 66.7 Å². The van der Waals surface area contributed by atoms with E-state index in [0.717, 1.165) is 62.0 Å². The van der Waals surface area contributed by atoms with E-state index in [0.29, 0.717) is 35.9 Å². The van der Waals surface area contributed by atoms with Gasteiger partial charge >= 0.3 is 0 Å². The summed E-state index contributed by atoms with van der Waals surface area (Å²) in [7, 11) is 1.93. The van der Waals surface area contributed by atoms with Crippen molar-refractivity contribution in [1.29, 1.82) is 0 Å². The molecular formula is C32H43N3O6S. The Hall–Kier alpha value is -3.76. The number of methoxy groups -OCH3 is 2. The summed E-state index contributed by atoms with van der Waals surface area (Å²) in [6, 6.07) is 20.0. The fraction of sp³-hybridized carbons (Fsp3) is 0.406. The first-order chi connectivity index (χ1) is 20.1. The van der Waals surface area contributed by atoms with Gasteiger partial charge in [0.05, 0.1) is 27.1 Å². The fourth-order valence-corrected chi connectivity index (χ4v) is 4.99. The number of hydrogen-bond acceptors (Lipinski definition) is 7. The minimum Gasteiger partial charge on any atom is -0.494 e. The first-order valence-electron chi connectivity index (χ1n) is 14.2. The molecule has 0 aliphatic carbocycles. The van der Waals surface area contributed by atoms with Crippen molar-refractivity contribution in [3.05, 3.63) is 77.9 Å². The number of unbranched alkanes of at least 4 members (excludes halogenated alkanes) is 1. The summed E-state index contributed by atoms with van der Waals surface area (Å²) < 4.78 is 42.1. The first kappa shape index (κ1) is 32.8. The van der Waals surface area contributed by atoms with Gasteiger partial charge < -0.3 is 24.0 Å². The maximum Gasteiger partial charge on any atom is 0.258 e. The van der Waals surface area contributed by atoms with Gasteiger partial charge in [0.1, 0.15) is 5.75 Å². The first-order valence-corrected chi connectivity index (χ1v) is 16.0. The van der Waals surface area contributed by atoms with Gasteiger partial charge in [-0.05, 0) is 99.1 Å². The smallest absolute Gasteiger partial charge is 0.258 e. The number of carbonyl (C=O) groups is 1. The van der Waals surface area contributed by atoms with Gasteiger partial charge in [-0.3, -0.25) is 9.52 Å². The number of amides is 1. The number of ether oxygens (including phenoxy) is 3. The molecule has 0 saturated heterocycles. The van der Waals surface area contributed by atoms with E-state index >= 15 is 0 Å². The van der Waals surface area contributed by atoms with E-state index in [2.05, 4.69) is 23.6 Å². The van der Waals surface area contributed by atoms with Gasteiger partial charge in [-0.2, -0.15) is 0 Å². The van der Waals surface area contributed by atoms with Crippen LogP contribution in [-0.2, 0) is 16.4 Å². The van der Waals surface area contributed by atoms with E-state index in [9.17, 15) is 13.2 Å². The highest BCUT2D eigenvalue weighted by Gasteiger charge is 2.18. The zero-order valence-electron chi connectivity index (χ0n) is 25.3. The van der Waals surface area contributed by atoms with Gasteiger partial charge in [0.2, 0.25) is 10.0 Å². The van der Waals surface area contributed by atoms with Gasteiger partial charge in [0.25, 0.3) is 5.91 Å². The number of sulfonamides is 1. The second-order valence-corrected chi connectivity index (χ2v) is 11.9. The highest BCUT2D eigenvalue weighted by Crippen LogP contribution is 2.28. The third-order valence-corrected chi connectivity index (χ3v) is 7.35. The predicted molar refractivity (Wildman–Crippen MR) is 169 cm³/mol. The Labute approximate surface area is 250 Å². The van der Waals surface area contributed by atoms with Crippen molar-refractivity contribution in [3.63, 3.8) is 0 Å². The summed E-state index contributed by atoms with van der Waals surface area (Å²) in [5, 5.41) is 0. The standard InChI is InChI=1S/C32H43N3O6S/c1-6-7-23-41-29-16-14-28(15-17-29)35(32(36)26-10-12-27(13-11-26)33-42(5,37)38)21-8-20-34(2)22-19-25-9-18-30(39-3)31(24-25)40-4/h9-18,24,33H,6-8,19-23H2,1-5H3. The van der Waals surface area contributed by atoms with Crippen LogP contribution < -0.4 is 23.8 Å². The number of likely N-dealkylation sites (N-methyl/N-ethyl adjacent to an activating group) is 1. The summed E-state index contributed by atoms with van der Waals surface area (Å²) in [4.78, 5) is 17.7. The van der Waals surface area contributed by atoms with Crippen molar-refractivity contribution < 1.29 is 27.4 Å². The number of hydrogen-bond donors (Lipinski definition) is 1. The summed E-state index contributed by atoms with van der Waals surface area (Å²) in [6.45, 7) is 4.93. The quantitative estimate of drug-likeness (QED) is 0.206. The second-order valence-electron chi connectivity index (χ2n) is 10.2. The summed E-state index contributed by atoms with van der Waals surface area (Å²) in [5.74, 6) is 2.04. The molecule has 1 N–H and O–H groups in total. The molecule has 0 radical (unpaired) electrons. The average Bonchev–Trinajstić information content (AvgIpc) is 2.98. The summed E-state index contributed by atoms with van der Waals surface area (Å²) >= 11 is 0. The van der Waals surface area contributed by atoms with E-state index < -0.39 is 10.0 Å². The van der Waals surface area contributed by atoms with E-state index in [4.69, 9.17) is 14.2 Å². The lowest BCUT2D eigenvalue weighted by molar-refractivity contribution is 0.0986. The molecule has 0 saturated carbocycles. The molecule has 3 aromatic carbocycles. The molecule has 0 aliphatic rings. The van der Waals surface area contributed by atoms with Gasteiger partial charge in [0, 0.05) is 30.0 Å².